The Morgan fingerprint density at radius 3 is 2.67 bits per heavy atom. The minimum absolute atomic E-state index is 0.359. The lowest BCUT2D eigenvalue weighted by Gasteiger charge is -2.21. The van der Waals surface area contributed by atoms with Crippen molar-refractivity contribution in [2.24, 2.45) is 11.7 Å². The van der Waals surface area contributed by atoms with Gasteiger partial charge in [-0.25, -0.2) is 17.2 Å². The van der Waals surface area contributed by atoms with Crippen LogP contribution in [0.2, 0.25) is 0 Å². The van der Waals surface area contributed by atoms with Crippen molar-refractivity contribution in [3.05, 3.63) is 29.3 Å². The fraction of sp³-hybridized carbons (Fsp3) is 0.571. The number of sulfonamides is 1. The normalized spacial score (nSPS) is 21.2. The van der Waals surface area contributed by atoms with Gasteiger partial charge in [0.25, 0.3) is 0 Å². The second-order valence-corrected chi connectivity index (χ2v) is 7.39. The quantitative estimate of drug-likeness (QED) is 0.929. The lowest BCUT2D eigenvalue weighted by Crippen LogP contribution is -2.33. The largest absolute Gasteiger partial charge is 0.326 e. The number of halogens is 2. The average Bonchev–Trinajstić information content (AvgIpc) is 2.64. The Balaban J connectivity index is 2.40. The maximum absolute atomic E-state index is 14.2. The SMILES string of the molecule is CC1CCCN(S(=O)(=O)c2ccc(F)c(CN)c2F)CC1. The highest BCUT2D eigenvalue weighted by Gasteiger charge is 2.30. The predicted molar refractivity (Wildman–Crippen MR) is 76.0 cm³/mol. The molecule has 1 saturated heterocycles. The van der Waals surface area contributed by atoms with Crippen LogP contribution in [-0.2, 0) is 16.6 Å². The number of nitrogens with two attached hydrogens (primary N) is 1. The molecule has 0 spiro atoms. The van der Waals surface area contributed by atoms with Crippen LogP contribution < -0.4 is 5.73 Å². The second-order valence-electron chi connectivity index (χ2n) is 5.48. The number of rotatable bonds is 3. The van der Waals surface area contributed by atoms with Crippen LogP contribution in [0.15, 0.2) is 17.0 Å². The van der Waals surface area contributed by atoms with Crippen molar-refractivity contribution in [3.63, 3.8) is 0 Å². The number of benzene rings is 1. The minimum Gasteiger partial charge on any atom is -0.326 e. The first-order valence-corrected chi connectivity index (χ1v) is 8.49. The molecule has 2 rings (SSSR count). The van der Waals surface area contributed by atoms with E-state index in [2.05, 4.69) is 6.92 Å². The summed E-state index contributed by atoms with van der Waals surface area (Å²) in [4.78, 5) is -0.487. The molecule has 1 heterocycles. The molecular formula is C14H20F2N2O2S. The molecule has 0 aromatic heterocycles. The first kappa shape index (κ1) is 16.3. The van der Waals surface area contributed by atoms with Gasteiger partial charge in [0.1, 0.15) is 10.7 Å². The van der Waals surface area contributed by atoms with E-state index in [1.54, 1.807) is 0 Å². The number of hydrogen-bond donors (Lipinski definition) is 1. The van der Waals surface area contributed by atoms with E-state index < -0.39 is 26.6 Å². The van der Waals surface area contributed by atoms with Crippen LogP contribution in [0.1, 0.15) is 31.7 Å². The maximum Gasteiger partial charge on any atom is 0.245 e. The lowest BCUT2D eigenvalue weighted by atomic mass is 10.0. The van der Waals surface area contributed by atoms with Gasteiger partial charge in [0, 0.05) is 25.2 Å². The highest BCUT2D eigenvalue weighted by molar-refractivity contribution is 7.89. The van der Waals surface area contributed by atoms with Gasteiger partial charge in [0.15, 0.2) is 5.82 Å². The van der Waals surface area contributed by atoms with Gasteiger partial charge >= 0.3 is 0 Å². The molecule has 1 aromatic carbocycles. The van der Waals surface area contributed by atoms with Crippen molar-refractivity contribution in [1.82, 2.24) is 4.31 Å². The van der Waals surface area contributed by atoms with Gasteiger partial charge in [-0.15, -0.1) is 0 Å². The molecule has 1 unspecified atom stereocenters. The van der Waals surface area contributed by atoms with Crippen molar-refractivity contribution in [3.8, 4) is 0 Å². The van der Waals surface area contributed by atoms with Crippen molar-refractivity contribution in [2.75, 3.05) is 13.1 Å². The molecule has 1 aliphatic heterocycles. The topological polar surface area (TPSA) is 63.4 Å². The molecular weight excluding hydrogens is 298 g/mol. The molecule has 0 aliphatic carbocycles. The third-order valence-electron chi connectivity index (χ3n) is 3.95. The maximum atomic E-state index is 14.2. The number of hydrogen-bond acceptors (Lipinski definition) is 3. The number of nitrogens with zero attached hydrogens (tertiary/aromatic N) is 1. The Kier molecular flexibility index (Phi) is 4.95. The van der Waals surface area contributed by atoms with E-state index in [1.807, 2.05) is 0 Å². The third-order valence-corrected chi connectivity index (χ3v) is 5.86. The Bertz CT molecular complexity index is 620. The molecule has 2 N–H and O–H groups in total. The summed E-state index contributed by atoms with van der Waals surface area (Å²) in [5.74, 6) is -1.45. The van der Waals surface area contributed by atoms with Gasteiger partial charge in [-0.05, 0) is 37.3 Å². The van der Waals surface area contributed by atoms with E-state index in [4.69, 9.17) is 5.73 Å². The van der Waals surface area contributed by atoms with Gasteiger partial charge in [-0.3, -0.25) is 0 Å². The standard InChI is InChI=1S/C14H20F2N2O2S/c1-10-3-2-7-18(8-6-10)21(19,20)13-5-4-12(15)11(9-17)14(13)16/h4-5,10H,2-3,6-9,17H2,1H3. The average molecular weight is 318 g/mol. The summed E-state index contributed by atoms with van der Waals surface area (Å²) in [6, 6.07) is 1.94. The monoisotopic (exact) mass is 318 g/mol. The predicted octanol–water partition coefficient (Wildman–Crippen LogP) is 2.23. The van der Waals surface area contributed by atoms with E-state index in [0.717, 1.165) is 31.4 Å². The molecule has 4 nitrogen and oxygen atoms in total. The van der Waals surface area contributed by atoms with Crippen LogP contribution in [-0.4, -0.2) is 25.8 Å². The molecule has 1 fully saturated rings. The molecule has 1 aromatic rings. The van der Waals surface area contributed by atoms with Gasteiger partial charge in [0.05, 0.1) is 0 Å². The first-order chi connectivity index (χ1) is 9.87. The van der Waals surface area contributed by atoms with Crippen LogP contribution in [0.25, 0.3) is 0 Å². The Morgan fingerprint density at radius 2 is 2.00 bits per heavy atom. The highest BCUT2D eigenvalue weighted by atomic mass is 32.2. The van der Waals surface area contributed by atoms with Crippen molar-refractivity contribution in [2.45, 2.75) is 37.6 Å². The summed E-state index contributed by atoms with van der Waals surface area (Å²) in [5.41, 5.74) is 4.91. The van der Waals surface area contributed by atoms with Crippen molar-refractivity contribution < 1.29 is 17.2 Å². The molecule has 21 heavy (non-hydrogen) atoms. The zero-order valence-electron chi connectivity index (χ0n) is 12.0. The zero-order chi connectivity index (χ0) is 15.6. The van der Waals surface area contributed by atoms with Gasteiger partial charge in [0.2, 0.25) is 10.0 Å². The van der Waals surface area contributed by atoms with E-state index in [1.165, 1.54) is 4.31 Å². The van der Waals surface area contributed by atoms with Gasteiger partial charge in [-0.2, -0.15) is 4.31 Å². The van der Waals surface area contributed by atoms with E-state index in [0.29, 0.717) is 19.0 Å². The molecule has 118 valence electrons. The van der Waals surface area contributed by atoms with E-state index in [-0.39, 0.29) is 12.1 Å². The van der Waals surface area contributed by atoms with Crippen LogP contribution in [0.3, 0.4) is 0 Å². The van der Waals surface area contributed by atoms with E-state index >= 15 is 0 Å². The van der Waals surface area contributed by atoms with Crippen LogP contribution in [0, 0.1) is 17.6 Å². The molecule has 1 aliphatic rings. The molecule has 0 saturated carbocycles. The summed E-state index contributed by atoms with van der Waals surface area (Å²) >= 11 is 0. The fourth-order valence-corrected chi connectivity index (χ4v) is 4.16. The summed E-state index contributed by atoms with van der Waals surface area (Å²) in [6.45, 7) is 2.42. The van der Waals surface area contributed by atoms with Crippen LogP contribution >= 0.6 is 0 Å². The molecule has 1 atom stereocenters. The van der Waals surface area contributed by atoms with Gasteiger partial charge < -0.3 is 5.73 Å². The van der Waals surface area contributed by atoms with E-state index in [9.17, 15) is 17.2 Å². The van der Waals surface area contributed by atoms with Gasteiger partial charge in [-0.1, -0.05) is 6.92 Å². The zero-order valence-corrected chi connectivity index (χ0v) is 12.8. The van der Waals surface area contributed by atoms with Crippen LogP contribution in [0.4, 0.5) is 8.78 Å². The van der Waals surface area contributed by atoms with Crippen molar-refractivity contribution >= 4 is 10.0 Å². The summed E-state index contributed by atoms with van der Waals surface area (Å²) < 4.78 is 54.1. The summed E-state index contributed by atoms with van der Waals surface area (Å²) in [5, 5.41) is 0. The lowest BCUT2D eigenvalue weighted by molar-refractivity contribution is 0.412. The first-order valence-electron chi connectivity index (χ1n) is 7.05. The van der Waals surface area contributed by atoms with Crippen molar-refractivity contribution in [1.29, 1.82) is 0 Å². The third kappa shape index (κ3) is 3.25. The summed E-state index contributed by atoms with van der Waals surface area (Å²) in [7, 11) is -3.95. The minimum atomic E-state index is -3.95. The smallest absolute Gasteiger partial charge is 0.245 e. The Hall–Kier alpha value is -1.05. The van der Waals surface area contributed by atoms with Crippen LogP contribution in [0.5, 0.6) is 0 Å². The molecule has 0 bridgehead atoms. The fourth-order valence-electron chi connectivity index (χ4n) is 2.58. The molecule has 7 heteroatoms. The Labute approximate surface area is 124 Å². The second kappa shape index (κ2) is 6.37. The Morgan fingerprint density at radius 1 is 1.29 bits per heavy atom. The molecule has 0 amide bonds. The highest BCUT2D eigenvalue weighted by Crippen LogP contribution is 2.26. The summed E-state index contributed by atoms with van der Waals surface area (Å²) in [6.07, 6.45) is 2.44. The molecule has 0 radical (unpaired) electrons.